The van der Waals surface area contributed by atoms with Gasteiger partial charge in [-0.3, -0.25) is 0 Å². The van der Waals surface area contributed by atoms with Crippen LogP contribution >= 0.6 is 0 Å². The molecule has 0 aliphatic heterocycles. The zero-order chi connectivity index (χ0) is 8.10. The molecule has 0 amide bonds. The van der Waals surface area contributed by atoms with E-state index in [1.54, 1.807) is 0 Å². The van der Waals surface area contributed by atoms with Crippen LogP contribution in [0.1, 0.15) is 11.1 Å². The van der Waals surface area contributed by atoms with Gasteiger partial charge in [-0.15, -0.1) is 12.3 Å². The summed E-state index contributed by atoms with van der Waals surface area (Å²) in [6.07, 6.45) is 5.75. The number of rotatable bonds is 2. The first-order chi connectivity index (χ1) is 5.38. The Labute approximate surface area is 66.7 Å². The van der Waals surface area contributed by atoms with Crippen molar-refractivity contribution in [3.05, 3.63) is 35.4 Å². The van der Waals surface area contributed by atoms with Gasteiger partial charge in [0.1, 0.15) is 0 Å². The van der Waals surface area contributed by atoms with E-state index < -0.39 is 0 Å². The van der Waals surface area contributed by atoms with Crippen molar-refractivity contribution < 1.29 is 5.11 Å². The van der Waals surface area contributed by atoms with Crippen LogP contribution in [0.15, 0.2) is 24.3 Å². The Balaban J connectivity index is 2.94. The van der Waals surface area contributed by atoms with Crippen molar-refractivity contribution in [3.63, 3.8) is 0 Å². The molecule has 0 aliphatic carbocycles. The summed E-state index contributed by atoms with van der Waals surface area (Å²) in [5.41, 5.74) is 1.96. The van der Waals surface area contributed by atoms with Crippen molar-refractivity contribution in [1.29, 1.82) is 0 Å². The normalized spacial score (nSPS) is 9.09. The lowest BCUT2D eigenvalue weighted by molar-refractivity contribution is 0.281. The Morgan fingerprint density at radius 2 is 1.91 bits per heavy atom. The fourth-order valence-corrected chi connectivity index (χ4v) is 0.994. The highest BCUT2D eigenvalue weighted by Crippen LogP contribution is 2.08. The van der Waals surface area contributed by atoms with E-state index in [1.165, 1.54) is 0 Å². The summed E-state index contributed by atoms with van der Waals surface area (Å²) in [5.74, 6) is 2.55. The smallest absolute Gasteiger partial charge is 0.0684 e. The lowest BCUT2D eigenvalue weighted by Crippen LogP contribution is -1.91. The molecule has 0 radical (unpaired) electrons. The molecule has 1 nitrogen and oxygen atoms in total. The highest BCUT2D eigenvalue weighted by molar-refractivity contribution is 5.29. The Morgan fingerprint density at radius 1 is 1.27 bits per heavy atom. The molecule has 0 saturated carbocycles. The summed E-state index contributed by atoms with van der Waals surface area (Å²) in [6, 6.07) is 7.63. The minimum atomic E-state index is 0.0673. The van der Waals surface area contributed by atoms with E-state index in [1.807, 2.05) is 24.3 Å². The Hall–Kier alpha value is -1.26. The summed E-state index contributed by atoms with van der Waals surface area (Å²) in [6.45, 7) is 0.0673. The number of hydrogen-bond acceptors (Lipinski definition) is 1. The average Bonchev–Trinajstić information content (AvgIpc) is 2.06. The van der Waals surface area contributed by atoms with E-state index in [4.69, 9.17) is 11.5 Å². The molecule has 1 aromatic rings. The quantitative estimate of drug-likeness (QED) is 0.624. The van der Waals surface area contributed by atoms with Crippen LogP contribution in [0, 0.1) is 12.3 Å². The van der Waals surface area contributed by atoms with Gasteiger partial charge in [0.05, 0.1) is 6.61 Å². The van der Waals surface area contributed by atoms with E-state index in [0.29, 0.717) is 6.42 Å². The third-order valence-electron chi connectivity index (χ3n) is 1.58. The molecule has 0 unspecified atom stereocenters. The Bertz CT molecular complexity index is 270. The van der Waals surface area contributed by atoms with E-state index in [-0.39, 0.29) is 6.61 Å². The largest absolute Gasteiger partial charge is 0.392 e. The maximum Gasteiger partial charge on any atom is 0.0684 e. The van der Waals surface area contributed by atoms with Gasteiger partial charge in [-0.2, -0.15) is 0 Å². The predicted octanol–water partition coefficient (Wildman–Crippen LogP) is 1.35. The highest BCUT2D eigenvalue weighted by Gasteiger charge is 1.96. The van der Waals surface area contributed by atoms with E-state index in [9.17, 15) is 0 Å². The number of terminal acetylenes is 1. The molecule has 1 rings (SSSR count). The summed E-state index contributed by atoms with van der Waals surface area (Å²) in [4.78, 5) is 0. The second kappa shape index (κ2) is 3.80. The number of aliphatic hydroxyl groups is 1. The third kappa shape index (κ3) is 1.83. The summed E-state index contributed by atoms with van der Waals surface area (Å²) in [5, 5.41) is 8.88. The molecule has 0 fully saturated rings. The van der Waals surface area contributed by atoms with Crippen molar-refractivity contribution in [2.24, 2.45) is 0 Å². The van der Waals surface area contributed by atoms with E-state index in [2.05, 4.69) is 5.92 Å². The van der Waals surface area contributed by atoms with Gasteiger partial charge in [-0.05, 0) is 11.1 Å². The van der Waals surface area contributed by atoms with Crippen LogP contribution in [-0.2, 0) is 13.0 Å². The maximum absolute atomic E-state index is 8.88. The molecule has 1 heteroatoms. The second-order valence-electron chi connectivity index (χ2n) is 2.31. The van der Waals surface area contributed by atoms with Crippen LogP contribution in [0.4, 0.5) is 0 Å². The fraction of sp³-hybridized carbons (Fsp3) is 0.200. The lowest BCUT2D eigenvalue weighted by atomic mass is 10.1. The van der Waals surface area contributed by atoms with Crippen LogP contribution in [0.25, 0.3) is 0 Å². The van der Waals surface area contributed by atoms with Gasteiger partial charge >= 0.3 is 0 Å². The topological polar surface area (TPSA) is 20.2 Å². The molecule has 0 heterocycles. The number of benzene rings is 1. The third-order valence-corrected chi connectivity index (χ3v) is 1.58. The maximum atomic E-state index is 8.88. The first-order valence-electron chi connectivity index (χ1n) is 3.49. The molecule has 0 aliphatic rings. The minimum Gasteiger partial charge on any atom is -0.392 e. The SMILES string of the molecule is C#CCc1ccccc1CO. The first kappa shape index (κ1) is 7.84. The van der Waals surface area contributed by atoms with E-state index in [0.717, 1.165) is 11.1 Å². The van der Waals surface area contributed by atoms with Gasteiger partial charge in [0.15, 0.2) is 0 Å². The van der Waals surface area contributed by atoms with Gasteiger partial charge in [0.2, 0.25) is 0 Å². The first-order valence-corrected chi connectivity index (χ1v) is 3.49. The zero-order valence-electron chi connectivity index (χ0n) is 6.25. The molecule has 56 valence electrons. The zero-order valence-corrected chi connectivity index (χ0v) is 6.25. The molecule has 11 heavy (non-hydrogen) atoms. The molecule has 0 spiro atoms. The molecular weight excluding hydrogens is 136 g/mol. The second-order valence-corrected chi connectivity index (χ2v) is 2.31. The monoisotopic (exact) mass is 146 g/mol. The standard InChI is InChI=1S/C10H10O/c1-2-5-9-6-3-4-7-10(9)8-11/h1,3-4,6-7,11H,5,8H2. The van der Waals surface area contributed by atoms with Crippen molar-refractivity contribution in [3.8, 4) is 12.3 Å². The molecule has 0 atom stereocenters. The molecule has 1 aromatic carbocycles. The predicted molar refractivity (Wildman–Crippen MR) is 44.9 cm³/mol. The molecule has 0 saturated heterocycles. The van der Waals surface area contributed by atoms with Gasteiger partial charge in [0.25, 0.3) is 0 Å². The van der Waals surface area contributed by atoms with Crippen molar-refractivity contribution in [1.82, 2.24) is 0 Å². The summed E-state index contributed by atoms with van der Waals surface area (Å²) < 4.78 is 0. The lowest BCUT2D eigenvalue weighted by Gasteiger charge is -2.01. The molecular formula is C10H10O. The van der Waals surface area contributed by atoms with Gasteiger partial charge in [0, 0.05) is 6.42 Å². The van der Waals surface area contributed by atoms with Crippen LogP contribution in [0.3, 0.4) is 0 Å². The van der Waals surface area contributed by atoms with Crippen molar-refractivity contribution in [2.45, 2.75) is 13.0 Å². The number of hydrogen-bond donors (Lipinski definition) is 1. The Kier molecular flexibility index (Phi) is 2.71. The van der Waals surface area contributed by atoms with Gasteiger partial charge < -0.3 is 5.11 Å². The van der Waals surface area contributed by atoms with Crippen molar-refractivity contribution in [2.75, 3.05) is 0 Å². The highest BCUT2D eigenvalue weighted by atomic mass is 16.3. The van der Waals surface area contributed by atoms with Crippen LogP contribution < -0.4 is 0 Å². The summed E-state index contributed by atoms with van der Waals surface area (Å²) >= 11 is 0. The van der Waals surface area contributed by atoms with Crippen LogP contribution in [0.5, 0.6) is 0 Å². The molecule has 0 aromatic heterocycles. The minimum absolute atomic E-state index is 0.0673. The molecule has 0 bridgehead atoms. The van der Waals surface area contributed by atoms with Crippen LogP contribution in [-0.4, -0.2) is 5.11 Å². The van der Waals surface area contributed by atoms with E-state index >= 15 is 0 Å². The average molecular weight is 146 g/mol. The Morgan fingerprint density at radius 3 is 2.45 bits per heavy atom. The van der Waals surface area contributed by atoms with Crippen LogP contribution in [0.2, 0.25) is 0 Å². The summed E-state index contributed by atoms with van der Waals surface area (Å²) in [7, 11) is 0. The fourth-order valence-electron chi connectivity index (χ4n) is 0.994. The van der Waals surface area contributed by atoms with Crippen molar-refractivity contribution >= 4 is 0 Å². The number of aliphatic hydroxyl groups excluding tert-OH is 1. The molecule has 1 N–H and O–H groups in total. The van der Waals surface area contributed by atoms with Gasteiger partial charge in [-0.1, -0.05) is 24.3 Å². The van der Waals surface area contributed by atoms with Gasteiger partial charge in [-0.25, -0.2) is 0 Å².